The first-order valence-corrected chi connectivity index (χ1v) is 5.56. The van der Waals surface area contributed by atoms with Crippen LogP contribution in [0, 0.1) is 11.8 Å². The summed E-state index contributed by atoms with van der Waals surface area (Å²) >= 11 is 3.48. The van der Waals surface area contributed by atoms with E-state index in [9.17, 15) is 4.79 Å². The number of carbonyl (C=O) groups is 1. The summed E-state index contributed by atoms with van der Waals surface area (Å²) in [6, 6.07) is 0. The van der Waals surface area contributed by atoms with E-state index in [4.69, 9.17) is 5.73 Å². The van der Waals surface area contributed by atoms with E-state index in [1.54, 1.807) is 0 Å². The van der Waals surface area contributed by atoms with E-state index in [1.807, 2.05) is 0 Å². The van der Waals surface area contributed by atoms with Crippen molar-refractivity contribution in [2.24, 2.45) is 17.6 Å². The number of rotatable bonds is 5. The molecule has 0 rings (SSSR count). The maximum absolute atomic E-state index is 11.3. The van der Waals surface area contributed by atoms with Gasteiger partial charge in [-0.2, -0.15) is 0 Å². The first-order valence-electron chi connectivity index (χ1n) is 4.76. The highest BCUT2D eigenvalue weighted by molar-refractivity contribution is 9.10. The molecule has 0 aliphatic heterocycles. The monoisotopic (exact) mass is 249 g/mol. The van der Waals surface area contributed by atoms with Gasteiger partial charge in [0.2, 0.25) is 5.91 Å². The predicted octanol–water partition coefficient (Wildman–Crippen LogP) is 2.70. The molecule has 0 aromatic rings. The van der Waals surface area contributed by atoms with E-state index < -0.39 is 4.32 Å². The highest BCUT2D eigenvalue weighted by atomic mass is 79.9. The second kappa shape index (κ2) is 4.99. The minimum atomic E-state index is -0.505. The van der Waals surface area contributed by atoms with E-state index in [1.165, 1.54) is 0 Å². The molecule has 0 radical (unpaired) electrons. The van der Waals surface area contributed by atoms with Crippen molar-refractivity contribution in [3.8, 4) is 0 Å². The molecule has 0 aromatic carbocycles. The Kier molecular flexibility index (Phi) is 4.97. The molecule has 78 valence electrons. The van der Waals surface area contributed by atoms with Crippen molar-refractivity contribution >= 4 is 21.8 Å². The third kappa shape index (κ3) is 4.65. The van der Waals surface area contributed by atoms with Gasteiger partial charge in [0.05, 0.1) is 0 Å². The Morgan fingerprint density at radius 3 is 1.69 bits per heavy atom. The topological polar surface area (TPSA) is 43.1 Å². The first-order chi connectivity index (χ1) is 5.78. The van der Waals surface area contributed by atoms with Crippen LogP contribution in [0.2, 0.25) is 0 Å². The van der Waals surface area contributed by atoms with E-state index in [0.717, 1.165) is 12.8 Å². The van der Waals surface area contributed by atoms with Crippen molar-refractivity contribution in [1.29, 1.82) is 0 Å². The Balaban J connectivity index is 4.43. The molecule has 0 aliphatic carbocycles. The van der Waals surface area contributed by atoms with Gasteiger partial charge in [-0.25, -0.2) is 0 Å². The van der Waals surface area contributed by atoms with Crippen LogP contribution in [0.25, 0.3) is 0 Å². The lowest BCUT2D eigenvalue weighted by Crippen LogP contribution is -2.40. The summed E-state index contributed by atoms with van der Waals surface area (Å²) in [5.74, 6) is 0.714. The molecule has 0 aromatic heterocycles. The van der Waals surface area contributed by atoms with Crippen molar-refractivity contribution < 1.29 is 4.79 Å². The molecule has 0 fully saturated rings. The van der Waals surface area contributed by atoms with Crippen molar-refractivity contribution in [3.63, 3.8) is 0 Å². The number of alkyl halides is 1. The molecule has 0 bridgehead atoms. The summed E-state index contributed by atoms with van der Waals surface area (Å²) in [4.78, 5) is 11.3. The molecule has 0 spiro atoms. The van der Waals surface area contributed by atoms with Gasteiger partial charge in [0.15, 0.2) is 0 Å². The van der Waals surface area contributed by atoms with Gasteiger partial charge in [0.25, 0.3) is 0 Å². The van der Waals surface area contributed by atoms with Gasteiger partial charge >= 0.3 is 0 Å². The van der Waals surface area contributed by atoms with Gasteiger partial charge < -0.3 is 5.73 Å². The molecule has 2 N–H and O–H groups in total. The lowest BCUT2D eigenvalue weighted by Gasteiger charge is -2.27. The van der Waals surface area contributed by atoms with Crippen molar-refractivity contribution in [2.45, 2.75) is 44.9 Å². The fourth-order valence-corrected chi connectivity index (χ4v) is 2.87. The lowest BCUT2D eigenvalue weighted by molar-refractivity contribution is -0.120. The molecule has 1 amide bonds. The van der Waals surface area contributed by atoms with Crippen LogP contribution in [-0.4, -0.2) is 10.2 Å². The third-order valence-electron chi connectivity index (χ3n) is 1.91. The van der Waals surface area contributed by atoms with E-state index >= 15 is 0 Å². The zero-order valence-corrected chi connectivity index (χ0v) is 10.5. The zero-order chi connectivity index (χ0) is 10.6. The molecule has 0 saturated heterocycles. The number of primary amides is 1. The van der Waals surface area contributed by atoms with Gasteiger partial charge in [-0.3, -0.25) is 4.79 Å². The number of carbonyl (C=O) groups excluding carboxylic acids is 1. The molecule has 0 unspecified atom stereocenters. The first kappa shape index (κ1) is 12.9. The maximum atomic E-state index is 11.3. The highest BCUT2D eigenvalue weighted by Gasteiger charge is 2.34. The maximum Gasteiger partial charge on any atom is 0.234 e. The Labute approximate surface area is 89.4 Å². The molecule has 0 aliphatic rings. The number of hydrogen-bond acceptors (Lipinski definition) is 1. The Bertz CT molecular complexity index is 168. The SMILES string of the molecule is CC(C)CC(Br)(CC(C)C)C(N)=O. The molecule has 3 heteroatoms. The summed E-state index contributed by atoms with van der Waals surface area (Å²) < 4.78 is -0.505. The van der Waals surface area contributed by atoms with Crippen molar-refractivity contribution in [2.75, 3.05) is 0 Å². The summed E-state index contributed by atoms with van der Waals surface area (Å²) in [7, 11) is 0. The van der Waals surface area contributed by atoms with Crippen LogP contribution in [-0.2, 0) is 4.79 Å². The number of nitrogens with two attached hydrogens (primary N) is 1. The van der Waals surface area contributed by atoms with Crippen molar-refractivity contribution in [1.82, 2.24) is 0 Å². The normalized spacial score (nSPS) is 12.5. The van der Waals surface area contributed by atoms with Crippen LogP contribution in [0.3, 0.4) is 0 Å². The second-order valence-electron chi connectivity index (χ2n) is 4.53. The van der Waals surface area contributed by atoms with Gasteiger partial charge in [-0.1, -0.05) is 43.6 Å². The minimum Gasteiger partial charge on any atom is -0.368 e. The molecule has 0 heterocycles. The van der Waals surface area contributed by atoms with Gasteiger partial charge in [0, 0.05) is 0 Å². The van der Waals surface area contributed by atoms with Crippen LogP contribution < -0.4 is 5.73 Å². The Morgan fingerprint density at radius 2 is 1.54 bits per heavy atom. The van der Waals surface area contributed by atoms with Crippen LogP contribution in [0.4, 0.5) is 0 Å². The average Bonchev–Trinajstić information content (AvgIpc) is 1.82. The van der Waals surface area contributed by atoms with Gasteiger partial charge in [0.1, 0.15) is 4.32 Å². The zero-order valence-electron chi connectivity index (χ0n) is 8.93. The summed E-state index contributed by atoms with van der Waals surface area (Å²) in [6.45, 7) is 8.39. The van der Waals surface area contributed by atoms with Gasteiger partial charge in [-0.05, 0) is 24.7 Å². The van der Waals surface area contributed by atoms with E-state index in [0.29, 0.717) is 11.8 Å². The lowest BCUT2D eigenvalue weighted by atomic mass is 9.89. The van der Waals surface area contributed by atoms with Crippen LogP contribution in [0.5, 0.6) is 0 Å². The standard InChI is InChI=1S/C10H20BrNO/c1-7(2)5-10(11,9(12)13)6-8(3)4/h7-8H,5-6H2,1-4H3,(H2,12,13). The van der Waals surface area contributed by atoms with Crippen LogP contribution in [0.15, 0.2) is 0 Å². The quantitative estimate of drug-likeness (QED) is 0.749. The number of hydrogen-bond donors (Lipinski definition) is 1. The van der Waals surface area contributed by atoms with Crippen LogP contribution in [0.1, 0.15) is 40.5 Å². The third-order valence-corrected chi connectivity index (χ3v) is 2.94. The van der Waals surface area contributed by atoms with Crippen LogP contribution >= 0.6 is 15.9 Å². The van der Waals surface area contributed by atoms with E-state index in [-0.39, 0.29) is 5.91 Å². The Morgan fingerprint density at radius 1 is 1.23 bits per heavy atom. The minimum absolute atomic E-state index is 0.241. The smallest absolute Gasteiger partial charge is 0.234 e. The molecular weight excluding hydrogens is 230 g/mol. The Hall–Kier alpha value is -0.0500. The summed E-state index contributed by atoms with van der Waals surface area (Å²) in [5.41, 5.74) is 5.38. The molecule has 0 atom stereocenters. The summed E-state index contributed by atoms with van der Waals surface area (Å²) in [6.07, 6.45) is 1.61. The number of halogens is 1. The molecule has 13 heavy (non-hydrogen) atoms. The largest absolute Gasteiger partial charge is 0.368 e. The molecular formula is C10H20BrNO. The fraction of sp³-hybridized carbons (Fsp3) is 0.900. The fourth-order valence-electron chi connectivity index (χ4n) is 1.58. The van der Waals surface area contributed by atoms with Gasteiger partial charge in [-0.15, -0.1) is 0 Å². The van der Waals surface area contributed by atoms with E-state index in [2.05, 4.69) is 43.6 Å². The molecule has 2 nitrogen and oxygen atoms in total. The second-order valence-corrected chi connectivity index (χ2v) is 6.04. The highest BCUT2D eigenvalue weighted by Crippen LogP contribution is 2.33. The number of amides is 1. The summed E-state index contributed by atoms with van der Waals surface area (Å²) in [5, 5.41) is 0. The molecule has 0 saturated carbocycles. The average molecular weight is 250 g/mol. The van der Waals surface area contributed by atoms with Crippen molar-refractivity contribution in [3.05, 3.63) is 0 Å². The predicted molar refractivity (Wildman–Crippen MR) is 59.8 cm³/mol.